The van der Waals surface area contributed by atoms with Crippen molar-refractivity contribution in [1.29, 1.82) is 0 Å². The zero-order valence-corrected chi connectivity index (χ0v) is 12.2. The molecule has 4 nitrogen and oxygen atoms in total. The number of halogens is 1. The third-order valence-corrected chi connectivity index (χ3v) is 3.75. The van der Waals surface area contributed by atoms with Gasteiger partial charge in [0.15, 0.2) is 0 Å². The van der Waals surface area contributed by atoms with Gasteiger partial charge in [-0.3, -0.25) is 0 Å². The van der Waals surface area contributed by atoms with Crippen LogP contribution in [-0.2, 0) is 32.8 Å². The van der Waals surface area contributed by atoms with Gasteiger partial charge in [0.1, 0.15) is 0 Å². The Bertz CT molecular complexity index is 259. The quantitative estimate of drug-likeness (QED) is 0.532. The van der Waals surface area contributed by atoms with Crippen molar-refractivity contribution in [2.45, 2.75) is 24.1 Å². The normalized spacial score (nSPS) is 41.9. The van der Waals surface area contributed by atoms with E-state index in [1.54, 1.807) is 0 Å². The van der Waals surface area contributed by atoms with Gasteiger partial charge in [-0.1, -0.05) is 0 Å². The van der Waals surface area contributed by atoms with E-state index in [1.807, 2.05) is 6.66 Å². The van der Waals surface area contributed by atoms with Crippen LogP contribution in [0.3, 0.4) is 0 Å². The summed E-state index contributed by atoms with van der Waals surface area (Å²) in [7, 11) is 6.82. The average Bonchev–Trinajstić information content (AvgIpc) is 2.36. The predicted molar refractivity (Wildman–Crippen MR) is 50.1 cm³/mol. The molecule has 0 aromatic carbocycles. The van der Waals surface area contributed by atoms with E-state index in [2.05, 4.69) is 0 Å². The Balaban J connectivity index is 2.65. The van der Waals surface area contributed by atoms with Crippen molar-refractivity contribution < 1.29 is 42.3 Å². The second kappa shape index (κ2) is 5.44. The molecule has 0 bridgehead atoms. The van der Waals surface area contributed by atoms with Crippen LogP contribution in [0.25, 0.3) is 0 Å². The van der Waals surface area contributed by atoms with Gasteiger partial charge in [-0.05, 0) is 0 Å². The van der Waals surface area contributed by atoms with Crippen LogP contribution in [0.1, 0.15) is 0 Å². The third kappa shape index (κ3) is 3.15. The molecule has 1 rings (SSSR count). The van der Waals surface area contributed by atoms with Gasteiger partial charge in [-0.2, -0.15) is 0 Å². The predicted octanol–water partition coefficient (Wildman–Crippen LogP) is 0.0580. The summed E-state index contributed by atoms with van der Waals surface area (Å²) in [6.45, 7) is 1.55. The second-order valence-electron chi connectivity index (χ2n) is 3.23. The number of rotatable bonds is 4. The minimum absolute atomic E-state index is 0.312. The van der Waals surface area contributed by atoms with Crippen molar-refractivity contribution in [1.82, 2.24) is 0 Å². The number of ether oxygens (including phenoxy) is 2. The Morgan fingerprint density at radius 1 is 1.73 bits per heavy atom. The van der Waals surface area contributed by atoms with Gasteiger partial charge in [0, 0.05) is 0 Å². The van der Waals surface area contributed by atoms with E-state index in [4.69, 9.17) is 21.8 Å². The van der Waals surface area contributed by atoms with Crippen LogP contribution < -0.4 is 0 Å². The van der Waals surface area contributed by atoms with Crippen molar-refractivity contribution in [3.05, 3.63) is 0 Å². The molecule has 1 heterocycles. The fourth-order valence-corrected chi connectivity index (χ4v) is 2.28. The summed E-state index contributed by atoms with van der Waals surface area (Å²) in [5.41, 5.74) is 0. The van der Waals surface area contributed by atoms with Crippen LogP contribution in [0.4, 0.5) is 4.39 Å². The summed E-state index contributed by atoms with van der Waals surface area (Å²) in [6.07, 6.45) is -2.27. The molecule has 1 aliphatic rings. The molecule has 1 N–H and O–H groups in total. The Kier molecular flexibility index (Phi) is 5.03. The van der Waals surface area contributed by atoms with Gasteiger partial charge >= 0.3 is 100 Å². The first-order valence-electron chi connectivity index (χ1n) is 4.27. The Hall–Kier alpha value is 0.823. The van der Waals surface area contributed by atoms with Crippen molar-refractivity contribution >= 4 is 13.6 Å². The van der Waals surface area contributed by atoms with E-state index in [9.17, 15) is 9.50 Å². The van der Waals surface area contributed by atoms with Gasteiger partial charge in [0.25, 0.3) is 0 Å². The molecule has 1 aliphatic heterocycles. The van der Waals surface area contributed by atoms with Crippen molar-refractivity contribution in [2.75, 3.05) is 20.4 Å². The third-order valence-electron chi connectivity index (χ3n) is 2.12. The SMILES string of the molecule is [B][C@@H]1O[C@](F)(CO[P+](C)=[W])[C@@H](O)[C@H]1OC. The fourth-order valence-electron chi connectivity index (χ4n) is 1.35. The van der Waals surface area contributed by atoms with E-state index in [0.717, 1.165) is 0 Å². The average molecular weight is 405 g/mol. The van der Waals surface area contributed by atoms with Crippen molar-refractivity contribution in [3.8, 4) is 0 Å². The fraction of sp³-hybridized carbons (Fsp3) is 1.00. The van der Waals surface area contributed by atoms with Gasteiger partial charge in [0.05, 0.1) is 0 Å². The first kappa shape index (κ1) is 13.9. The number of aliphatic hydroxyl groups is 1. The van der Waals surface area contributed by atoms with E-state index >= 15 is 0 Å². The van der Waals surface area contributed by atoms with Crippen molar-refractivity contribution in [2.24, 2.45) is 0 Å². The molecular weight excluding hydrogens is 393 g/mol. The van der Waals surface area contributed by atoms with Gasteiger partial charge in [0.2, 0.25) is 0 Å². The Morgan fingerprint density at radius 2 is 2.33 bits per heavy atom. The van der Waals surface area contributed by atoms with Gasteiger partial charge < -0.3 is 0 Å². The monoisotopic (exact) mass is 405 g/mol. The molecule has 0 amide bonds. The van der Waals surface area contributed by atoms with Crippen LogP contribution in [0.5, 0.6) is 0 Å². The molecule has 8 heteroatoms. The molecule has 5 atom stereocenters. The minimum atomic E-state index is -2.26. The molecule has 84 valence electrons. The second-order valence-corrected chi connectivity index (χ2v) is 9.91. The van der Waals surface area contributed by atoms with Crippen molar-refractivity contribution in [3.63, 3.8) is 0 Å². The molecule has 1 unspecified atom stereocenters. The standard InChI is InChI=1S/C7H12BFO4P.W/c1-11-4-5(10)7(9,3-12-14-2)13-6(4)8;/h4-6,10H,3H2,1-2H3;/q-1;+2/t4-,5+,6-,7-;/m1./s1. The zero-order valence-electron chi connectivity index (χ0n) is 8.42. The van der Waals surface area contributed by atoms with Crippen LogP contribution in [-0.4, -0.2) is 57.4 Å². The summed E-state index contributed by atoms with van der Waals surface area (Å²) in [4.78, 5) is 0. The molecule has 0 aromatic rings. The van der Waals surface area contributed by atoms with E-state index in [1.165, 1.54) is 25.9 Å². The topological polar surface area (TPSA) is 47.9 Å². The van der Waals surface area contributed by atoms with Gasteiger partial charge in [-0.25, -0.2) is 0 Å². The summed E-state index contributed by atoms with van der Waals surface area (Å²) < 4.78 is 28.9. The molecule has 0 saturated carbocycles. The van der Waals surface area contributed by atoms with Crippen LogP contribution in [0, 0.1) is 0 Å². The maximum atomic E-state index is 14.0. The molecule has 1 saturated heterocycles. The molecule has 0 aliphatic carbocycles. The number of hydrogen-bond acceptors (Lipinski definition) is 4. The van der Waals surface area contributed by atoms with E-state index in [-0.39, 0.29) is 6.61 Å². The molecule has 15 heavy (non-hydrogen) atoms. The van der Waals surface area contributed by atoms with Crippen LogP contribution in [0.2, 0.25) is 0 Å². The molecule has 0 spiro atoms. The van der Waals surface area contributed by atoms with Crippen LogP contribution >= 0.6 is 5.78 Å². The number of methoxy groups -OCH3 is 1. The van der Waals surface area contributed by atoms with E-state index < -0.39 is 29.8 Å². The number of alkyl halides is 1. The van der Waals surface area contributed by atoms with Gasteiger partial charge in [-0.15, -0.1) is 0 Å². The molecule has 2 radical (unpaired) electrons. The summed E-state index contributed by atoms with van der Waals surface area (Å²) in [6, 6.07) is -0.967. The summed E-state index contributed by atoms with van der Waals surface area (Å²) >= 11 is 1.24. The first-order chi connectivity index (χ1) is 6.90. The number of hydrogen-bond donors (Lipinski definition) is 1. The summed E-state index contributed by atoms with van der Waals surface area (Å²) in [5, 5.41) is 9.62. The Morgan fingerprint density at radius 3 is 2.73 bits per heavy atom. The van der Waals surface area contributed by atoms with E-state index in [0.29, 0.717) is 0 Å². The molecule has 0 aromatic heterocycles. The Labute approximate surface area is 100 Å². The van der Waals surface area contributed by atoms with Crippen LogP contribution in [0.15, 0.2) is 0 Å². The molecule has 1 fully saturated rings. The first-order valence-corrected chi connectivity index (χ1v) is 9.83. The zero-order chi connectivity index (χ0) is 11.6. The number of aliphatic hydroxyl groups excluding tert-OH is 1. The maximum absolute atomic E-state index is 14.0. The molecular formula is C7H12BFO4PW+. The summed E-state index contributed by atoms with van der Waals surface area (Å²) in [5.74, 6) is -2.89.